The van der Waals surface area contributed by atoms with Gasteiger partial charge in [-0.05, 0) is 12.1 Å². The van der Waals surface area contributed by atoms with Crippen molar-refractivity contribution < 1.29 is 13.3 Å². The van der Waals surface area contributed by atoms with E-state index in [2.05, 4.69) is 10.3 Å². The number of carbonyl (C=O) groups excluding carboxylic acids is 1. The van der Waals surface area contributed by atoms with Crippen molar-refractivity contribution in [1.29, 1.82) is 0 Å². The maximum Gasteiger partial charge on any atom is 0.269 e. The molecule has 0 aromatic carbocycles. The second-order valence-corrected chi connectivity index (χ2v) is 3.70. The molecule has 0 atom stereocenters. The number of anilines is 1. The molecule has 17 heavy (non-hydrogen) atoms. The smallest absolute Gasteiger partial charge is 0.269 e. The minimum absolute atomic E-state index is 0.252. The van der Waals surface area contributed by atoms with Crippen molar-refractivity contribution in [2.45, 2.75) is 0 Å². The minimum Gasteiger partial charge on any atom is -0.365 e. The number of halogens is 1. The standard InChI is InChI=1S/C11H15FN4O/c1-13-11(17)8-2-3-9(10(12)15-8)16-6-4-14-5-7-16/h2-3,14H,4-7H2,1H3,(H,13,17)/i1D3. The number of carbonyl (C=O) groups is 1. The molecule has 1 aliphatic heterocycles. The number of hydrogen-bond acceptors (Lipinski definition) is 4. The molecule has 0 aliphatic carbocycles. The monoisotopic (exact) mass is 241 g/mol. The molecular formula is C11H15FN4O. The van der Waals surface area contributed by atoms with Crippen LogP contribution in [0, 0.1) is 5.95 Å². The van der Waals surface area contributed by atoms with E-state index in [9.17, 15) is 9.18 Å². The first-order valence-electron chi connectivity index (χ1n) is 6.81. The molecule has 0 unspecified atom stereocenters. The molecule has 0 spiro atoms. The number of pyridine rings is 1. The molecule has 1 amide bonds. The number of nitrogens with one attached hydrogen (secondary N) is 2. The summed E-state index contributed by atoms with van der Waals surface area (Å²) in [4.78, 5) is 16.9. The van der Waals surface area contributed by atoms with E-state index < -0.39 is 18.8 Å². The van der Waals surface area contributed by atoms with Gasteiger partial charge in [0.15, 0.2) is 0 Å². The zero-order chi connectivity index (χ0) is 14.8. The first-order valence-corrected chi connectivity index (χ1v) is 5.31. The molecule has 0 radical (unpaired) electrons. The molecule has 1 aromatic heterocycles. The number of hydrogen-bond donors (Lipinski definition) is 2. The van der Waals surface area contributed by atoms with Crippen LogP contribution >= 0.6 is 0 Å². The second kappa shape index (κ2) is 5.09. The van der Waals surface area contributed by atoms with Gasteiger partial charge in [-0.15, -0.1) is 0 Å². The minimum atomic E-state index is -2.62. The van der Waals surface area contributed by atoms with Crippen molar-refractivity contribution in [3.8, 4) is 0 Å². The summed E-state index contributed by atoms with van der Waals surface area (Å²) in [7, 11) is 0. The van der Waals surface area contributed by atoms with E-state index >= 15 is 0 Å². The SMILES string of the molecule is [2H]C([2H])([2H])NC(=O)c1ccc(N2CCNCC2)c(F)n1. The Labute approximate surface area is 103 Å². The third-order valence-electron chi connectivity index (χ3n) is 2.63. The van der Waals surface area contributed by atoms with Gasteiger partial charge in [0.25, 0.3) is 5.91 Å². The molecule has 1 aromatic rings. The van der Waals surface area contributed by atoms with Gasteiger partial charge >= 0.3 is 0 Å². The van der Waals surface area contributed by atoms with Crippen LogP contribution in [0.5, 0.6) is 0 Å². The Morgan fingerprint density at radius 3 is 3.00 bits per heavy atom. The first-order chi connectivity index (χ1) is 9.37. The quantitative estimate of drug-likeness (QED) is 0.715. The summed E-state index contributed by atoms with van der Waals surface area (Å²) in [5.74, 6) is -1.69. The van der Waals surface area contributed by atoms with Gasteiger partial charge in [0, 0.05) is 37.3 Å². The van der Waals surface area contributed by atoms with Crippen molar-refractivity contribution >= 4 is 11.6 Å². The molecular weight excluding hydrogens is 223 g/mol. The first kappa shape index (κ1) is 8.41. The van der Waals surface area contributed by atoms with Crippen LogP contribution in [0.25, 0.3) is 0 Å². The highest BCUT2D eigenvalue weighted by atomic mass is 19.1. The normalized spacial score (nSPS) is 19.1. The Kier molecular flexibility index (Phi) is 2.52. The van der Waals surface area contributed by atoms with Crippen molar-refractivity contribution in [2.24, 2.45) is 0 Å². The van der Waals surface area contributed by atoms with Gasteiger partial charge in [-0.25, -0.2) is 4.98 Å². The van der Waals surface area contributed by atoms with Crippen LogP contribution in [0.15, 0.2) is 12.1 Å². The summed E-state index contributed by atoms with van der Waals surface area (Å²) in [6.45, 7) is 0.187. The van der Waals surface area contributed by atoms with Gasteiger partial charge in [-0.1, -0.05) is 0 Å². The molecule has 1 aliphatic rings. The maximum atomic E-state index is 13.9. The lowest BCUT2D eigenvalue weighted by molar-refractivity contribution is 0.0957. The Balaban J connectivity index is 2.14. The fourth-order valence-corrected chi connectivity index (χ4v) is 1.76. The van der Waals surface area contributed by atoms with E-state index in [0.29, 0.717) is 18.8 Å². The Morgan fingerprint density at radius 2 is 2.35 bits per heavy atom. The van der Waals surface area contributed by atoms with Crippen molar-refractivity contribution in [3.05, 3.63) is 23.8 Å². The van der Waals surface area contributed by atoms with E-state index in [-0.39, 0.29) is 5.69 Å². The zero-order valence-corrected chi connectivity index (χ0v) is 9.16. The Hall–Kier alpha value is -1.69. The van der Waals surface area contributed by atoms with E-state index in [1.807, 2.05) is 4.90 Å². The fourth-order valence-electron chi connectivity index (χ4n) is 1.76. The molecule has 0 saturated carbocycles. The van der Waals surface area contributed by atoms with Gasteiger partial charge in [0.1, 0.15) is 5.69 Å². The highest BCUT2D eigenvalue weighted by Crippen LogP contribution is 2.18. The van der Waals surface area contributed by atoms with E-state index in [0.717, 1.165) is 13.1 Å². The molecule has 2 heterocycles. The maximum absolute atomic E-state index is 13.9. The van der Waals surface area contributed by atoms with E-state index in [4.69, 9.17) is 4.11 Å². The summed E-state index contributed by atoms with van der Waals surface area (Å²) >= 11 is 0. The molecule has 2 N–H and O–H groups in total. The summed E-state index contributed by atoms with van der Waals surface area (Å²) in [6.07, 6.45) is 0. The summed E-state index contributed by atoms with van der Waals surface area (Å²) in [5.41, 5.74) is 0.0643. The van der Waals surface area contributed by atoms with Crippen LogP contribution in [0.1, 0.15) is 14.6 Å². The Bertz CT molecular complexity index is 503. The highest BCUT2D eigenvalue weighted by Gasteiger charge is 2.17. The third kappa shape index (κ3) is 2.52. The van der Waals surface area contributed by atoms with Crippen LogP contribution in [-0.4, -0.2) is 44.0 Å². The van der Waals surface area contributed by atoms with Crippen LogP contribution in [0.3, 0.4) is 0 Å². The van der Waals surface area contributed by atoms with Crippen molar-refractivity contribution in [2.75, 3.05) is 38.1 Å². The Morgan fingerprint density at radius 1 is 1.59 bits per heavy atom. The largest absolute Gasteiger partial charge is 0.365 e. The molecule has 1 fully saturated rings. The van der Waals surface area contributed by atoms with Gasteiger partial charge in [0.2, 0.25) is 5.95 Å². The molecule has 0 bridgehead atoms. The number of piperazine rings is 1. The van der Waals surface area contributed by atoms with Crippen LogP contribution in [-0.2, 0) is 0 Å². The van der Waals surface area contributed by atoms with Crippen molar-refractivity contribution in [1.82, 2.24) is 15.6 Å². The van der Waals surface area contributed by atoms with Crippen LogP contribution in [0.4, 0.5) is 10.1 Å². The summed E-state index contributed by atoms with van der Waals surface area (Å²) in [6, 6.07) is 2.77. The number of rotatable bonds is 2. The summed E-state index contributed by atoms with van der Waals surface area (Å²) in [5, 5.41) is 4.92. The summed E-state index contributed by atoms with van der Waals surface area (Å²) < 4.78 is 34.7. The number of nitrogens with zero attached hydrogens (tertiary/aromatic N) is 2. The predicted molar refractivity (Wildman–Crippen MR) is 62.7 cm³/mol. The highest BCUT2D eigenvalue weighted by molar-refractivity contribution is 5.92. The molecule has 5 nitrogen and oxygen atoms in total. The van der Waals surface area contributed by atoms with Gasteiger partial charge in [-0.3, -0.25) is 4.79 Å². The van der Waals surface area contributed by atoms with Gasteiger partial charge in [0.05, 0.1) is 5.69 Å². The second-order valence-electron chi connectivity index (χ2n) is 3.70. The van der Waals surface area contributed by atoms with Crippen LogP contribution < -0.4 is 15.5 Å². The lowest BCUT2D eigenvalue weighted by Crippen LogP contribution is -2.44. The fraction of sp³-hybridized carbons (Fsp3) is 0.455. The third-order valence-corrected chi connectivity index (χ3v) is 2.63. The number of amides is 1. The van der Waals surface area contributed by atoms with Crippen molar-refractivity contribution in [3.63, 3.8) is 0 Å². The van der Waals surface area contributed by atoms with Crippen LogP contribution in [0.2, 0.25) is 0 Å². The zero-order valence-electron chi connectivity index (χ0n) is 12.2. The average Bonchev–Trinajstić information content (AvgIpc) is 2.37. The van der Waals surface area contributed by atoms with E-state index in [1.54, 1.807) is 5.32 Å². The lowest BCUT2D eigenvalue weighted by atomic mass is 10.2. The topological polar surface area (TPSA) is 57.3 Å². The number of aromatic nitrogens is 1. The molecule has 92 valence electrons. The molecule has 2 rings (SSSR count). The predicted octanol–water partition coefficient (Wildman–Crippen LogP) is -0.0101. The lowest BCUT2D eigenvalue weighted by Gasteiger charge is -2.29. The van der Waals surface area contributed by atoms with Gasteiger partial charge < -0.3 is 15.5 Å². The molecule has 6 heteroatoms. The molecule has 1 saturated heterocycles. The van der Waals surface area contributed by atoms with Gasteiger partial charge in [-0.2, -0.15) is 4.39 Å². The average molecular weight is 241 g/mol. The van der Waals surface area contributed by atoms with E-state index in [1.165, 1.54) is 12.1 Å².